The second-order valence-electron chi connectivity index (χ2n) is 25.6. The first-order valence-corrected chi connectivity index (χ1v) is 37.3. The summed E-state index contributed by atoms with van der Waals surface area (Å²) in [6.45, 7) is 4.93. The molecule has 2 atom stereocenters. The van der Waals surface area contributed by atoms with Crippen LogP contribution in [0.15, 0.2) is 36.5 Å². The van der Waals surface area contributed by atoms with Gasteiger partial charge in [-0.2, -0.15) is 0 Å². The molecule has 0 heterocycles. The largest absolute Gasteiger partial charge is 0.466 e. The van der Waals surface area contributed by atoms with Gasteiger partial charge in [0.05, 0.1) is 25.4 Å². The van der Waals surface area contributed by atoms with Crippen LogP contribution >= 0.6 is 0 Å². The van der Waals surface area contributed by atoms with Gasteiger partial charge in [-0.3, -0.25) is 9.59 Å². The highest BCUT2D eigenvalue weighted by atomic mass is 16.5. The Bertz CT molecular complexity index is 1330. The second-order valence-corrected chi connectivity index (χ2v) is 25.6. The number of hydrogen-bond acceptors (Lipinski definition) is 5. The Morgan fingerprint density at radius 3 is 0.866 bits per heavy atom. The summed E-state index contributed by atoms with van der Waals surface area (Å²) < 4.78 is 5.49. The molecule has 0 bridgehead atoms. The molecule has 0 saturated heterocycles. The molecule has 6 heteroatoms. The van der Waals surface area contributed by atoms with E-state index in [0.717, 1.165) is 44.9 Å². The van der Waals surface area contributed by atoms with Gasteiger partial charge in [-0.25, -0.2) is 0 Å². The molecule has 0 saturated carbocycles. The van der Waals surface area contributed by atoms with Crippen LogP contribution in [0.5, 0.6) is 0 Å². The number of amides is 1. The third-order valence-electron chi connectivity index (χ3n) is 17.4. The van der Waals surface area contributed by atoms with Crippen molar-refractivity contribution in [2.45, 2.75) is 424 Å². The lowest BCUT2D eigenvalue weighted by molar-refractivity contribution is -0.143. The first-order chi connectivity index (χ1) is 40.5. The van der Waals surface area contributed by atoms with Crippen LogP contribution in [0.1, 0.15) is 412 Å². The summed E-state index contributed by atoms with van der Waals surface area (Å²) in [5.74, 6) is -0.0519. The smallest absolute Gasteiger partial charge is 0.305 e. The Kier molecular flexibility index (Phi) is 69.9. The van der Waals surface area contributed by atoms with Crippen LogP contribution in [0.25, 0.3) is 0 Å². The van der Waals surface area contributed by atoms with Crippen molar-refractivity contribution >= 4 is 11.9 Å². The van der Waals surface area contributed by atoms with Crippen molar-refractivity contribution < 1.29 is 24.5 Å². The van der Waals surface area contributed by atoms with Gasteiger partial charge in [-0.05, 0) is 83.5 Å². The average molecular weight is 1150 g/mol. The average Bonchev–Trinajstić information content (AvgIpc) is 3.48. The van der Waals surface area contributed by atoms with Gasteiger partial charge in [0.25, 0.3) is 0 Å². The van der Waals surface area contributed by atoms with Crippen LogP contribution in [0.2, 0.25) is 0 Å². The number of aliphatic hydroxyl groups excluding tert-OH is 2. The summed E-state index contributed by atoms with van der Waals surface area (Å²) in [6.07, 6.45) is 92.4. The molecule has 0 aliphatic heterocycles. The molecule has 0 rings (SSSR count). The van der Waals surface area contributed by atoms with E-state index in [0.29, 0.717) is 19.4 Å². The number of allylic oxidation sites excluding steroid dienone is 5. The molecule has 1 amide bonds. The molecule has 6 nitrogen and oxygen atoms in total. The molecule has 0 fully saturated rings. The summed E-state index contributed by atoms with van der Waals surface area (Å²) in [6, 6.07) is -0.627. The fourth-order valence-electron chi connectivity index (χ4n) is 11.7. The number of unbranched alkanes of at least 4 members (excludes halogenated alkanes) is 55. The molecule has 82 heavy (non-hydrogen) atoms. The topological polar surface area (TPSA) is 95.9 Å². The van der Waals surface area contributed by atoms with Crippen LogP contribution in [-0.4, -0.2) is 47.4 Å². The van der Waals surface area contributed by atoms with Gasteiger partial charge in [0.1, 0.15) is 0 Å². The summed E-state index contributed by atoms with van der Waals surface area (Å²) >= 11 is 0. The number of nitrogens with one attached hydrogen (secondary N) is 1. The van der Waals surface area contributed by atoms with Crippen molar-refractivity contribution in [1.29, 1.82) is 0 Å². The van der Waals surface area contributed by atoms with E-state index in [1.54, 1.807) is 6.08 Å². The fraction of sp³-hybridized carbons (Fsp3) is 0.895. The fourth-order valence-corrected chi connectivity index (χ4v) is 11.7. The predicted octanol–water partition coefficient (Wildman–Crippen LogP) is 24.3. The highest BCUT2D eigenvalue weighted by Gasteiger charge is 2.18. The zero-order valence-electron chi connectivity index (χ0n) is 55.5. The number of carbonyl (C=O) groups excluding carboxylic acids is 2. The highest BCUT2D eigenvalue weighted by Crippen LogP contribution is 2.19. The van der Waals surface area contributed by atoms with Crippen LogP contribution in [0, 0.1) is 0 Å². The van der Waals surface area contributed by atoms with E-state index in [9.17, 15) is 19.8 Å². The Morgan fingerprint density at radius 2 is 0.573 bits per heavy atom. The Morgan fingerprint density at radius 1 is 0.329 bits per heavy atom. The van der Waals surface area contributed by atoms with Gasteiger partial charge in [0, 0.05) is 12.8 Å². The zero-order chi connectivity index (χ0) is 59.2. The molecule has 0 aliphatic rings. The quantitative estimate of drug-likeness (QED) is 0.0320. The molecule has 484 valence electrons. The van der Waals surface area contributed by atoms with E-state index in [-0.39, 0.29) is 18.5 Å². The maximum absolute atomic E-state index is 12.5. The maximum Gasteiger partial charge on any atom is 0.305 e. The van der Waals surface area contributed by atoms with Gasteiger partial charge in [0.15, 0.2) is 0 Å². The molecule has 0 spiro atoms. The van der Waals surface area contributed by atoms with Crippen LogP contribution in [0.4, 0.5) is 0 Å². The molecular weight excluding hydrogens is 1010 g/mol. The van der Waals surface area contributed by atoms with Crippen molar-refractivity contribution in [1.82, 2.24) is 5.32 Å². The number of ether oxygens (including phenoxy) is 1. The van der Waals surface area contributed by atoms with Crippen LogP contribution in [0.3, 0.4) is 0 Å². The van der Waals surface area contributed by atoms with Gasteiger partial charge in [-0.15, -0.1) is 0 Å². The van der Waals surface area contributed by atoms with E-state index in [4.69, 9.17) is 4.74 Å². The lowest BCUT2D eigenvalue weighted by atomic mass is 10.0. The molecule has 3 N–H and O–H groups in total. The standard InChI is InChI=1S/C76H145NO5/c1-3-5-7-9-11-13-15-17-19-20-35-38-41-44-48-52-56-60-64-68-74(79)73(72-78)77-75(80)69-65-61-57-53-49-45-42-39-36-33-31-29-27-25-23-21-22-24-26-28-30-32-34-37-40-43-47-51-55-59-63-67-71-82-76(81)70-66-62-58-54-50-46-18-16-14-12-10-8-6-4-2/h16,18,24,26,64,68,73-74,78-79H,3-15,17,19-23,25,27-63,65-67,69-72H2,1-2H3,(H,77,80)/b18-16-,26-24-,68-64+. The van der Waals surface area contributed by atoms with Crippen LogP contribution < -0.4 is 5.32 Å². The molecule has 0 aliphatic carbocycles. The third kappa shape index (κ3) is 67.2. The number of aliphatic hydroxyl groups is 2. The number of hydrogen-bond donors (Lipinski definition) is 3. The van der Waals surface area contributed by atoms with Crippen molar-refractivity contribution in [3.8, 4) is 0 Å². The lowest BCUT2D eigenvalue weighted by Crippen LogP contribution is -2.45. The zero-order valence-corrected chi connectivity index (χ0v) is 55.5. The summed E-state index contributed by atoms with van der Waals surface area (Å²) in [7, 11) is 0. The van der Waals surface area contributed by atoms with E-state index in [1.165, 1.54) is 340 Å². The Balaban J connectivity index is 3.38. The first-order valence-electron chi connectivity index (χ1n) is 37.3. The van der Waals surface area contributed by atoms with Crippen molar-refractivity contribution in [2.75, 3.05) is 13.2 Å². The van der Waals surface area contributed by atoms with Gasteiger partial charge < -0.3 is 20.3 Å². The summed E-state index contributed by atoms with van der Waals surface area (Å²) in [4.78, 5) is 24.6. The Hall–Kier alpha value is -1.92. The van der Waals surface area contributed by atoms with E-state index in [2.05, 4.69) is 43.5 Å². The van der Waals surface area contributed by atoms with Crippen molar-refractivity contribution in [3.63, 3.8) is 0 Å². The maximum atomic E-state index is 12.5. The van der Waals surface area contributed by atoms with Crippen molar-refractivity contribution in [2.24, 2.45) is 0 Å². The number of rotatable bonds is 70. The minimum Gasteiger partial charge on any atom is -0.466 e. The van der Waals surface area contributed by atoms with Crippen LogP contribution in [-0.2, 0) is 14.3 Å². The Labute approximate surface area is 513 Å². The molecule has 0 aromatic heterocycles. The van der Waals surface area contributed by atoms with Crippen molar-refractivity contribution in [3.05, 3.63) is 36.5 Å². The summed E-state index contributed by atoms with van der Waals surface area (Å²) in [5.41, 5.74) is 0. The minimum absolute atomic E-state index is 0.00984. The first kappa shape index (κ1) is 80.1. The molecule has 0 aromatic rings. The molecular formula is C76H145NO5. The minimum atomic E-state index is -0.843. The van der Waals surface area contributed by atoms with Gasteiger partial charge in [0.2, 0.25) is 5.91 Å². The second kappa shape index (κ2) is 71.6. The number of esters is 1. The number of carbonyl (C=O) groups is 2. The lowest BCUT2D eigenvalue weighted by Gasteiger charge is -2.20. The highest BCUT2D eigenvalue weighted by molar-refractivity contribution is 5.76. The SMILES string of the molecule is CCCCCCC/C=C\CCCCCCCC(=O)OCCCCCCCCCCCCCC/C=C\CCCCCCCCCCCCCCCCCCC(=O)NC(CO)C(O)/C=C/CCCCCCCCCCCCCCCCCCC. The summed E-state index contributed by atoms with van der Waals surface area (Å²) in [5, 5.41) is 23.2. The normalized spacial score (nSPS) is 12.7. The third-order valence-corrected chi connectivity index (χ3v) is 17.4. The molecule has 2 unspecified atom stereocenters. The molecule has 0 radical (unpaired) electrons. The van der Waals surface area contributed by atoms with E-state index in [1.807, 2.05) is 6.08 Å². The van der Waals surface area contributed by atoms with Gasteiger partial charge in [-0.1, -0.05) is 352 Å². The van der Waals surface area contributed by atoms with E-state index >= 15 is 0 Å². The van der Waals surface area contributed by atoms with Gasteiger partial charge >= 0.3 is 5.97 Å². The monoisotopic (exact) mass is 1150 g/mol. The predicted molar refractivity (Wildman–Crippen MR) is 361 cm³/mol. The van der Waals surface area contributed by atoms with E-state index < -0.39 is 12.1 Å². The molecule has 0 aromatic carbocycles.